The van der Waals surface area contributed by atoms with Gasteiger partial charge in [-0.25, -0.2) is 12.8 Å². The van der Waals surface area contributed by atoms with Crippen molar-refractivity contribution in [2.75, 3.05) is 29.4 Å². The van der Waals surface area contributed by atoms with Crippen molar-refractivity contribution < 1.29 is 17.6 Å². The highest BCUT2D eigenvalue weighted by Crippen LogP contribution is 2.26. The van der Waals surface area contributed by atoms with Crippen LogP contribution in [0.4, 0.5) is 10.1 Å². The molecule has 3 rings (SSSR count). The van der Waals surface area contributed by atoms with Crippen molar-refractivity contribution in [1.29, 1.82) is 0 Å². The molecule has 3 aromatic carbocycles. The van der Waals surface area contributed by atoms with Crippen LogP contribution < -0.4 is 9.62 Å². The van der Waals surface area contributed by atoms with E-state index in [9.17, 15) is 17.6 Å². The molecule has 9 heteroatoms. The third-order valence-corrected chi connectivity index (χ3v) is 8.27. The number of halogens is 1. The molecule has 0 spiro atoms. The summed E-state index contributed by atoms with van der Waals surface area (Å²) < 4.78 is 41.4. The maximum absolute atomic E-state index is 13.9. The van der Waals surface area contributed by atoms with E-state index in [0.29, 0.717) is 12.3 Å². The number of carbonyl (C=O) groups excluding carboxylic acids is 1. The lowest BCUT2D eigenvalue weighted by Crippen LogP contribution is -2.41. The van der Waals surface area contributed by atoms with E-state index in [1.807, 2.05) is 36.6 Å². The van der Waals surface area contributed by atoms with Gasteiger partial charge in [-0.05, 0) is 54.3 Å². The molecule has 0 saturated carbocycles. The van der Waals surface area contributed by atoms with Gasteiger partial charge in [0.05, 0.1) is 10.6 Å². The minimum Gasteiger partial charge on any atom is -0.354 e. The SMILES string of the molecule is CSc1ccc(S(=O)(=O)N(CC(=O)NCCSCc2ccccc2)c2cccc(F)c2)cc1. The summed E-state index contributed by atoms with van der Waals surface area (Å²) >= 11 is 3.17. The summed E-state index contributed by atoms with van der Waals surface area (Å²) in [5.41, 5.74) is 1.29. The van der Waals surface area contributed by atoms with Crippen LogP contribution in [0.1, 0.15) is 5.56 Å². The van der Waals surface area contributed by atoms with E-state index in [4.69, 9.17) is 0 Å². The van der Waals surface area contributed by atoms with Crippen molar-refractivity contribution in [2.24, 2.45) is 0 Å². The van der Waals surface area contributed by atoms with E-state index in [0.717, 1.165) is 21.0 Å². The Morgan fingerprint density at radius 3 is 2.39 bits per heavy atom. The van der Waals surface area contributed by atoms with Crippen LogP contribution in [0.25, 0.3) is 0 Å². The van der Waals surface area contributed by atoms with Crippen molar-refractivity contribution in [3.8, 4) is 0 Å². The molecule has 1 amide bonds. The molecule has 0 heterocycles. The molecule has 0 aromatic heterocycles. The maximum atomic E-state index is 13.9. The molecule has 174 valence electrons. The molecule has 0 fully saturated rings. The number of hydrogen-bond acceptors (Lipinski definition) is 5. The molecule has 0 unspecified atom stereocenters. The van der Waals surface area contributed by atoms with Gasteiger partial charge in [0.1, 0.15) is 12.4 Å². The van der Waals surface area contributed by atoms with Gasteiger partial charge in [-0.15, -0.1) is 11.8 Å². The zero-order valence-electron chi connectivity index (χ0n) is 18.1. The largest absolute Gasteiger partial charge is 0.354 e. The number of rotatable bonds is 11. The summed E-state index contributed by atoms with van der Waals surface area (Å²) in [5.74, 6) is 0.475. The fourth-order valence-corrected chi connectivity index (χ4v) is 5.67. The van der Waals surface area contributed by atoms with Gasteiger partial charge >= 0.3 is 0 Å². The summed E-state index contributed by atoms with van der Waals surface area (Å²) in [5, 5.41) is 2.76. The fourth-order valence-electron chi connectivity index (χ4n) is 3.03. The predicted octanol–water partition coefficient (Wildman–Crippen LogP) is 4.79. The van der Waals surface area contributed by atoms with Gasteiger partial charge in [0.25, 0.3) is 10.0 Å². The highest BCUT2D eigenvalue weighted by Gasteiger charge is 2.27. The standard InChI is InChI=1S/C24H25FN2O3S3/c1-31-22-10-12-23(13-11-22)33(29,30)27(21-9-5-8-20(25)16-21)17-24(28)26-14-15-32-18-19-6-3-2-4-7-19/h2-13,16H,14-15,17-18H2,1H3,(H,26,28). The van der Waals surface area contributed by atoms with Gasteiger partial charge < -0.3 is 5.32 Å². The lowest BCUT2D eigenvalue weighted by Gasteiger charge is -2.24. The topological polar surface area (TPSA) is 66.5 Å². The van der Waals surface area contributed by atoms with E-state index in [1.54, 1.807) is 23.9 Å². The molecule has 0 saturated heterocycles. The molecular formula is C24H25FN2O3S3. The second kappa shape index (κ2) is 12.1. The Morgan fingerprint density at radius 2 is 1.73 bits per heavy atom. The van der Waals surface area contributed by atoms with Crippen LogP contribution in [0.3, 0.4) is 0 Å². The maximum Gasteiger partial charge on any atom is 0.264 e. The first-order chi connectivity index (χ1) is 15.9. The summed E-state index contributed by atoms with van der Waals surface area (Å²) in [4.78, 5) is 13.6. The molecule has 0 aliphatic heterocycles. The lowest BCUT2D eigenvalue weighted by molar-refractivity contribution is -0.119. The summed E-state index contributed by atoms with van der Waals surface area (Å²) in [6.45, 7) is -0.0464. The van der Waals surface area contributed by atoms with E-state index >= 15 is 0 Å². The lowest BCUT2D eigenvalue weighted by atomic mass is 10.2. The quantitative estimate of drug-likeness (QED) is 0.300. The number of sulfonamides is 1. The zero-order chi connectivity index (χ0) is 23.7. The number of carbonyl (C=O) groups is 1. The predicted molar refractivity (Wildman–Crippen MR) is 135 cm³/mol. The van der Waals surface area contributed by atoms with Gasteiger partial charge in [-0.3, -0.25) is 9.10 Å². The second-order valence-electron chi connectivity index (χ2n) is 7.06. The first kappa shape index (κ1) is 25.1. The Hall–Kier alpha value is -2.49. The zero-order valence-corrected chi connectivity index (χ0v) is 20.6. The number of benzene rings is 3. The molecule has 1 N–H and O–H groups in total. The van der Waals surface area contributed by atoms with E-state index in [2.05, 4.69) is 5.32 Å². The van der Waals surface area contributed by atoms with Crippen molar-refractivity contribution in [3.05, 3.63) is 90.2 Å². The minimum atomic E-state index is -4.07. The molecule has 5 nitrogen and oxygen atoms in total. The highest BCUT2D eigenvalue weighted by atomic mass is 32.2. The summed E-state index contributed by atoms with van der Waals surface area (Å²) in [6.07, 6.45) is 1.89. The Labute approximate surface area is 202 Å². The van der Waals surface area contributed by atoms with Gasteiger partial charge in [0.15, 0.2) is 0 Å². The minimum absolute atomic E-state index is 0.0378. The molecule has 0 aliphatic carbocycles. The Morgan fingerprint density at radius 1 is 1.00 bits per heavy atom. The number of nitrogens with zero attached hydrogens (tertiary/aromatic N) is 1. The first-order valence-electron chi connectivity index (χ1n) is 10.2. The Kier molecular flexibility index (Phi) is 9.22. The molecule has 0 aliphatic rings. The Balaban J connectivity index is 1.67. The van der Waals surface area contributed by atoms with Crippen molar-refractivity contribution in [3.63, 3.8) is 0 Å². The molecule has 0 bridgehead atoms. The summed E-state index contributed by atoms with van der Waals surface area (Å²) in [6, 6.07) is 21.6. The van der Waals surface area contributed by atoms with Crippen LogP contribution in [0.15, 0.2) is 88.7 Å². The van der Waals surface area contributed by atoms with Crippen molar-refractivity contribution in [1.82, 2.24) is 5.32 Å². The van der Waals surface area contributed by atoms with E-state index < -0.39 is 28.3 Å². The smallest absolute Gasteiger partial charge is 0.264 e. The first-order valence-corrected chi connectivity index (χ1v) is 14.0. The van der Waals surface area contributed by atoms with Gasteiger partial charge in [0.2, 0.25) is 5.91 Å². The van der Waals surface area contributed by atoms with Crippen LogP contribution in [0, 0.1) is 5.82 Å². The normalized spacial score (nSPS) is 11.2. The van der Waals surface area contributed by atoms with Crippen LogP contribution in [-0.2, 0) is 20.6 Å². The average molecular weight is 505 g/mol. The van der Waals surface area contributed by atoms with Crippen LogP contribution in [-0.4, -0.2) is 39.4 Å². The molecular weight excluding hydrogens is 479 g/mol. The number of amides is 1. The van der Waals surface area contributed by atoms with Crippen molar-refractivity contribution >= 4 is 45.1 Å². The molecule has 3 aromatic rings. The molecule has 0 atom stereocenters. The monoisotopic (exact) mass is 504 g/mol. The fraction of sp³-hybridized carbons (Fsp3) is 0.208. The van der Waals surface area contributed by atoms with Crippen LogP contribution >= 0.6 is 23.5 Å². The van der Waals surface area contributed by atoms with Crippen LogP contribution in [0.5, 0.6) is 0 Å². The van der Waals surface area contributed by atoms with E-state index in [-0.39, 0.29) is 10.6 Å². The van der Waals surface area contributed by atoms with Gasteiger partial charge in [0, 0.05) is 22.9 Å². The third-order valence-electron chi connectivity index (χ3n) is 4.71. The highest BCUT2D eigenvalue weighted by molar-refractivity contribution is 7.98. The van der Waals surface area contributed by atoms with Crippen LogP contribution in [0.2, 0.25) is 0 Å². The number of anilines is 1. The number of thioether (sulfide) groups is 2. The summed E-state index contributed by atoms with van der Waals surface area (Å²) in [7, 11) is -4.07. The van der Waals surface area contributed by atoms with Gasteiger partial charge in [-0.2, -0.15) is 11.8 Å². The van der Waals surface area contributed by atoms with Gasteiger partial charge in [-0.1, -0.05) is 36.4 Å². The number of nitrogens with one attached hydrogen (secondary N) is 1. The molecule has 33 heavy (non-hydrogen) atoms. The second-order valence-corrected chi connectivity index (χ2v) is 10.9. The Bertz CT molecular complexity index is 1160. The molecule has 0 radical (unpaired) electrons. The van der Waals surface area contributed by atoms with Crippen molar-refractivity contribution in [2.45, 2.75) is 15.5 Å². The van der Waals surface area contributed by atoms with E-state index in [1.165, 1.54) is 47.7 Å². The average Bonchev–Trinajstić information content (AvgIpc) is 2.83. The number of hydrogen-bond donors (Lipinski definition) is 1. The third kappa shape index (κ3) is 7.25.